The van der Waals surface area contributed by atoms with Crippen molar-refractivity contribution in [2.75, 3.05) is 6.54 Å². The maximum absolute atomic E-state index is 13.4. The quantitative estimate of drug-likeness (QED) is 0.929. The highest BCUT2D eigenvalue weighted by atomic mass is 35.5. The summed E-state index contributed by atoms with van der Waals surface area (Å²) in [6.07, 6.45) is 0.794. The molecule has 0 radical (unpaired) electrons. The van der Waals surface area contributed by atoms with E-state index in [0.29, 0.717) is 10.6 Å². The second kappa shape index (κ2) is 6.16. The molecule has 108 valence electrons. The third-order valence-corrected chi connectivity index (χ3v) is 4.04. The van der Waals surface area contributed by atoms with Crippen LogP contribution < -0.4 is 5.32 Å². The predicted molar refractivity (Wildman–Crippen MR) is 81.8 cm³/mol. The molecule has 1 aromatic heterocycles. The molecule has 0 saturated heterocycles. The van der Waals surface area contributed by atoms with Gasteiger partial charge >= 0.3 is 0 Å². The molecule has 1 heterocycles. The molecule has 3 nitrogen and oxygen atoms in total. The molecule has 1 N–H and O–H groups in total. The van der Waals surface area contributed by atoms with Crippen LogP contribution in [0.1, 0.15) is 25.8 Å². The smallest absolute Gasteiger partial charge is 0.149 e. The molecule has 0 amide bonds. The highest BCUT2D eigenvalue weighted by Gasteiger charge is 2.13. The summed E-state index contributed by atoms with van der Waals surface area (Å²) in [5.41, 5.74) is 0.679. The topological polar surface area (TPSA) is 37.8 Å². The van der Waals surface area contributed by atoms with Crippen molar-refractivity contribution in [1.29, 1.82) is 0 Å². The van der Waals surface area contributed by atoms with Crippen molar-refractivity contribution in [1.82, 2.24) is 15.5 Å². The van der Waals surface area contributed by atoms with E-state index >= 15 is 0 Å². The van der Waals surface area contributed by atoms with Gasteiger partial charge in [0.25, 0.3) is 0 Å². The molecule has 0 unspecified atom stereocenters. The average molecular weight is 314 g/mol. The van der Waals surface area contributed by atoms with Gasteiger partial charge in [0, 0.05) is 24.1 Å². The Morgan fingerprint density at radius 3 is 2.75 bits per heavy atom. The van der Waals surface area contributed by atoms with Crippen LogP contribution in [-0.4, -0.2) is 22.3 Å². The van der Waals surface area contributed by atoms with Crippen molar-refractivity contribution in [2.45, 2.75) is 32.7 Å². The Kier molecular flexibility index (Phi) is 4.73. The molecule has 0 bridgehead atoms. The minimum atomic E-state index is -0.435. The molecule has 2 aromatic rings. The van der Waals surface area contributed by atoms with Crippen LogP contribution in [0.4, 0.5) is 4.39 Å². The molecule has 0 aliphatic rings. The van der Waals surface area contributed by atoms with Crippen LogP contribution in [0.2, 0.25) is 5.02 Å². The predicted octanol–water partition coefficient (Wildman–Crippen LogP) is 3.93. The van der Waals surface area contributed by atoms with E-state index in [1.807, 2.05) is 0 Å². The maximum atomic E-state index is 13.4. The fraction of sp³-hybridized carbons (Fsp3) is 0.429. The summed E-state index contributed by atoms with van der Waals surface area (Å²) in [5, 5.41) is 13.3. The maximum Gasteiger partial charge on any atom is 0.149 e. The lowest BCUT2D eigenvalue weighted by atomic mass is 10.1. The molecular formula is C14H17ClFN3S. The van der Waals surface area contributed by atoms with Crippen LogP contribution in [-0.2, 0) is 6.42 Å². The second-order valence-corrected chi connectivity index (χ2v) is 6.97. The molecule has 0 aliphatic carbocycles. The first-order chi connectivity index (χ1) is 9.37. The van der Waals surface area contributed by atoms with Gasteiger partial charge in [-0.2, -0.15) is 0 Å². The lowest BCUT2D eigenvalue weighted by molar-refractivity contribution is 0.429. The molecular weight excluding hydrogens is 297 g/mol. The highest BCUT2D eigenvalue weighted by molar-refractivity contribution is 7.14. The summed E-state index contributed by atoms with van der Waals surface area (Å²) in [4.78, 5) is 0. The summed E-state index contributed by atoms with van der Waals surface area (Å²) >= 11 is 7.40. The largest absolute Gasteiger partial charge is 0.312 e. The van der Waals surface area contributed by atoms with Gasteiger partial charge in [0.2, 0.25) is 0 Å². The number of nitrogens with one attached hydrogen (secondary N) is 1. The minimum absolute atomic E-state index is 0.0827. The van der Waals surface area contributed by atoms with Crippen LogP contribution in [0.3, 0.4) is 0 Å². The number of aromatic nitrogens is 2. The molecule has 0 atom stereocenters. The van der Waals surface area contributed by atoms with Gasteiger partial charge in [-0.05, 0) is 26.8 Å². The number of hydrogen-bond acceptors (Lipinski definition) is 4. The molecule has 2 rings (SSSR count). The number of hydrogen-bond donors (Lipinski definition) is 1. The minimum Gasteiger partial charge on any atom is -0.312 e. The van der Waals surface area contributed by atoms with Crippen molar-refractivity contribution in [3.05, 3.63) is 34.0 Å². The van der Waals surface area contributed by atoms with Crippen LogP contribution in [0.5, 0.6) is 0 Å². The van der Waals surface area contributed by atoms with Gasteiger partial charge in [0.1, 0.15) is 15.8 Å². The normalized spacial score (nSPS) is 11.8. The number of rotatable bonds is 4. The first kappa shape index (κ1) is 15.4. The van der Waals surface area contributed by atoms with Crippen molar-refractivity contribution in [3.8, 4) is 10.6 Å². The Morgan fingerprint density at radius 1 is 1.30 bits per heavy atom. The zero-order valence-electron chi connectivity index (χ0n) is 11.7. The van der Waals surface area contributed by atoms with Crippen LogP contribution >= 0.6 is 22.9 Å². The number of halogens is 2. The lowest BCUT2D eigenvalue weighted by Gasteiger charge is -2.19. The fourth-order valence-electron chi connectivity index (χ4n) is 1.68. The van der Waals surface area contributed by atoms with Gasteiger partial charge in [-0.15, -0.1) is 10.2 Å². The lowest BCUT2D eigenvalue weighted by Crippen LogP contribution is -2.37. The monoisotopic (exact) mass is 313 g/mol. The molecule has 0 aliphatic heterocycles. The molecule has 6 heteroatoms. The summed E-state index contributed by atoms with van der Waals surface area (Å²) in [5.74, 6) is -0.435. The third kappa shape index (κ3) is 3.98. The van der Waals surface area contributed by atoms with E-state index in [-0.39, 0.29) is 10.6 Å². The zero-order valence-corrected chi connectivity index (χ0v) is 13.3. The van der Waals surface area contributed by atoms with Crippen molar-refractivity contribution in [2.24, 2.45) is 0 Å². The first-order valence-corrected chi connectivity index (χ1v) is 7.58. The summed E-state index contributed by atoms with van der Waals surface area (Å²) < 4.78 is 13.4. The van der Waals surface area contributed by atoms with Crippen LogP contribution in [0.25, 0.3) is 10.6 Å². The summed E-state index contributed by atoms with van der Waals surface area (Å²) in [7, 11) is 0. The Balaban J connectivity index is 2.07. The van der Waals surface area contributed by atoms with Gasteiger partial charge in [0.15, 0.2) is 0 Å². The van der Waals surface area contributed by atoms with E-state index in [1.54, 1.807) is 12.1 Å². The van der Waals surface area contributed by atoms with Crippen molar-refractivity contribution < 1.29 is 4.39 Å². The van der Waals surface area contributed by atoms with E-state index < -0.39 is 5.82 Å². The SMILES string of the molecule is CC(C)(C)NCCc1nnc(-c2cccc(F)c2Cl)s1. The van der Waals surface area contributed by atoms with E-state index in [0.717, 1.165) is 18.0 Å². The Morgan fingerprint density at radius 2 is 2.05 bits per heavy atom. The molecule has 0 spiro atoms. The van der Waals surface area contributed by atoms with Gasteiger partial charge < -0.3 is 5.32 Å². The Hall–Kier alpha value is -1.04. The molecule has 0 saturated carbocycles. The van der Waals surface area contributed by atoms with E-state index in [4.69, 9.17) is 11.6 Å². The van der Waals surface area contributed by atoms with E-state index in [2.05, 4.69) is 36.3 Å². The summed E-state index contributed by atoms with van der Waals surface area (Å²) in [6.45, 7) is 7.18. The zero-order chi connectivity index (χ0) is 14.8. The molecule has 20 heavy (non-hydrogen) atoms. The highest BCUT2D eigenvalue weighted by Crippen LogP contribution is 2.31. The van der Waals surface area contributed by atoms with E-state index in [1.165, 1.54) is 17.4 Å². The average Bonchev–Trinajstić information content (AvgIpc) is 2.79. The first-order valence-electron chi connectivity index (χ1n) is 6.38. The van der Waals surface area contributed by atoms with Crippen LogP contribution in [0.15, 0.2) is 18.2 Å². The van der Waals surface area contributed by atoms with Crippen molar-refractivity contribution >= 4 is 22.9 Å². The number of benzene rings is 1. The Labute approximate surface area is 127 Å². The third-order valence-electron chi connectivity index (χ3n) is 2.64. The van der Waals surface area contributed by atoms with Gasteiger partial charge in [0.05, 0.1) is 5.02 Å². The van der Waals surface area contributed by atoms with Gasteiger partial charge in [-0.3, -0.25) is 0 Å². The molecule has 1 aromatic carbocycles. The fourth-order valence-corrected chi connectivity index (χ4v) is 2.82. The van der Waals surface area contributed by atoms with Gasteiger partial charge in [-0.1, -0.05) is 35.1 Å². The van der Waals surface area contributed by atoms with Gasteiger partial charge in [-0.25, -0.2) is 4.39 Å². The number of nitrogens with zero attached hydrogens (tertiary/aromatic N) is 2. The van der Waals surface area contributed by atoms with E-state index in [9.17, 15) is 4.39 Å². The standard InChI is InChI=1S/C14H17ClFN3S/c1-14(2,3)17-8-7-11-18-19-13(20-11)9-5-4-6-10(16)12(9)15/h4-6,17H,7-8H2,1-3H3. The van der Waals surface area contributed by atoms with Crippen molar-refractivity contribution in [3.63, 3.8) is 0 Å². The van der Waals surface area contributed by atoms with Crippen LogP contribution in [0, 0.1) is 5.82 Å². The molecule has 0 fully saturated rings. The second-order valence-electron chi connectivity index (χ2n) is 5.53. The Bertz CT molecular complexity index is 592. The summed E-state index contributed by atoms with van der Waals surface area (Å²) in [6, 6.07) is 4.71.